The van der Waals surface area contributed by atoms with Crippen molar-refractivity contribution in [2.24, 2.45) is 0 Å². The van der Waals surface area contributed by atoms with Crippen LogP contribution in [0.25, 0.3) is 11.0 Å². The molecule has 3 aromatic rings. The summed E-state index contributed by atoms with van der Waals surface area (Å²) in [6, 6.07) is 6.98. The van der Waals surface area contributed by atoms with Gasteiger partial charge in [0.25, 0.3) is 11.5 Å². The maximum Gasteiger partial charge on any atom is 0.573 e. The van der Waals surface area contributed by atoms with Crippen molar-refractivity contribution in [1.82, 2.24) is 19.4 Å². The highest BCUT2D eigenvalue weighted by atomic mass is 19.4. The number of benzene rings is 1. The lowest BCUT2D eigenvalue weighted by molar-refractivity contribution is -0.274. The molecule has 1 aromatic carbocycles. The molecule has 1 aliphatic heterocycles. The molecule has 1 fully saturated rings. The molecule has 1 aliphatic rings. The number of nitrogens with zero attached hydrogens (tertiary/aromatic N) is 5. The van der Waals surface area contributed by atoms with Crippen molar-refractivity contribution < 1.29 is 22.7 Å². The van der Waals surface area contributed by atoms with E-state index in [-0.39, 0.29) is 30.0 Å². The van der Waals surface area contributed by atoms with Crippen LogP contribution in [0, 0.1) is 0 Å². The normalized spacial score (nSPS) is 14.6. The molecule has 0 unspecified atom stereocenters. The van der Waals surface area contributed by atoms with E-state index >= 15 is 0 Å². The molecule has 3 heterocycles. The standard InChI is InChI=1S/C21H20F3N5O3/c1-2-29-16-13-25-8-7-15(16)26-18(20(29)31)27-9-11-28(12-10-27)19(30)14-5-3-4-6-17(14)32-21(22,23)24/h3-8,13H,2,9-12H2,1H3. The third-order valence-corrected chi connectivity index (χ3v) is 5.26. The molecule has 4 rings (SSSR count). The molecule has 0 spiro atoms. The second-order valence-corrected chi connectivity index (χ2v) is 7.17. The largest absolute Gasteiger partial charge is 0.573 e. The Morgan fingerprint density at radius 1 is 1.12 bits per heavy atom. The van der Waals surface area contributed by atoms with Crippen molar-refractivity contribution in [2.45, 2.75) is 19.8 Å². The zero-order valence-electron chi connectivity index (χ0n) is 17.2. The average molecular weight is 447 g/mol. The fraction of sp³-hybridized carbons (Fsp3) is 0.333. The van der Waals surface area contributed by atoms with Gasteiger partial charge >= 0.3 is 6.36 Å². The van der Waals surface area contributed by atoms with Crippen molar-refractivity contribution >= 4 is 22.8 Å². The first-order valence-corrected chi connectivity index (χ1v) is 10.0. The summed E-state index contributed by atoms with van der Waals surface area (Å²) in [5.74, 6) is -0.825. The van der Waals surface area contributed by atoms with Gasteiger partial charge in [0.15, 0.2) is 5.82 Å². The van der Waals surface area contributed by atoms with E-state index in [0.717, 1.165) is 6.07 Å². The summed E-state index contributed by atoms with van der Waals surface area (Å²) in [6.07, 6.45) is -1.71. The predicted octanol–water partition coefficient (Wildman–Crippen LogP) is 2.67. The Labute approximate surface area is 180 Å². The van der Waals surface area contributed by atoms with Crippen LogP contribution in [0.5, 0.6) is 5.75 Å². The van der Waals surface area contributed by atoms with Crippen LogP contribution in [0.3, 0.4) is 0 Å². The molecule has 0 atom stereocenters. The molecular weight excluding hydrogens is 427 g/mol. The summed E-state index contributed by atoms with van der Waals surface area (Å²) in [4.78, 5) is 37.6. The van der Waals surface area contributed by atoms with Crippen LogP contribution in [-0.2, 0) is 6.54 Å². The van der Waals surface area contributed by atoms with E-state index < -0.39 is 18.0 Å². The van der Waals surface area contributed by atoms with Gasteiger partial charge < -0.3 is 19.1 Å². The monoisotopic (exact) mass is 447 g/mol. The van der Waals surface area contributed by atoms with Gasteiger partial charge in [-0.05, 0) is 25.1 Å². The molecule has 0 radical (unpaired) electrons. The van der Waals surface area contributed by atoms with Gasteiger partial charge in [0.05, 0.1) is 22.8 Å². The van der Waals surface area contributed by atoms with Crippen LogP contribution in [0.4, 0.5) is 19.0 Å². The van der Waals surface area contributed by atoms with Crippen LogP contribution in [-0.4, -0.2) is 57.9 Å². The summed E-state index contributed by atoms with van der Waals surface area (Å²) in [6.45, 7) is 3.38. The molecule has 8 nitrogen and oxygen atoms in total. The lowest BCUT2D eigenvalue weighted by atomic mass is 10.1. The van der Waals surface area contributed by atoms with Crippen LogP contribution < -0.4 is 15.2 Å². The van der Waals surface area contributed by atoms with Crippen LogP contribution in [0.1, 0.15) is 17.3 Å². The second kappa shape index (κ2) is 8.48. The number of fused-ring (bicyclic) bond motifs is 1. The Balaban J connectivity index is 1.54. The van der Waals surface area contributed by atoms with Crippen molar-refractivity contribution in [3.63, 3.8) is 0 Å². The minimum absolute atomic E-state index is 0.164. The fourth-order valence-corrected chi connectivity index (χ4v) is 3.74. The van der Waals surface area contributed by atoms with Gasteiger partial charge in [-0.1, -0.05) is 12.1 Å². The number of hydrogen-bond donors (Lipinski definition) is 0. The molecule has 0 N–H and O–H groups in total. The third-order valence-electron chi connectivity index (χ3n) is 5.26. The zero-order chi connectivity index (χ0) is 22.9. The predicted molar refractivity (Wildman–Crippen MR) is 111 cm³/mol. The summed E-state index contributed by atoms with van der Waals surface area (Å²) in [5, 5.41) is 0. The lowest BCUT2D eigenvalue weighted by Crippen LogP contribution is -2.50. The molecule has 0 saturated carbocycles. The minimum Gasteiger partial charge on any atom is -0.405 e. The molecule has 0 aliphatic carbocycles. The highest BCUT2D eigenvalue weighted by molar-refractivity contribution is 5.97. The Morgan fingerprint density at radius 2 is 1.84 bits per heavy atom. The third kappa shape index (κ3) is 4.23. The van der Waals surface area contributed by atoms with Crippen molar-refractivity contribution in [1.29, 1.82) is 0 Å². The van der Waals surface area contributed by atoms with E-state index in [1.807, 2.05) is 6.92 Å². The summed E-state index contributed by atoms with van der Waals surface area (Å²) in [7, 11) is 0. The van der Waals surface area contributed by atoms with Crippen molar-refractivity contribution in [2.75, 3.05) is 31.1 Å². The fourth-order valence-electron chi connectivity index (χ4n) is 3.74. The maximum atomic E-state index is 13.0. The van der Waals surface area contributed by atoms with Gasteiger partial charge in [-0.2, -0.15) is 0 Å². The number of alkyl halides is 3. The van der Waals surface area contributed by atoms with Crippen molar-refractivity contribution in [3.8, 4) is 5.75 Å². The SMILES string of the molecule is CCn1c(=O)c(N2CCN(C(=O)c3ccccc3OC(F)(F)F)CC2)nc2ccncc21. The van der Waals surface area contributed by atoms with Gasteiger partial charge in [-0.15, -0.1) is 13.2 Å². The number of halogens is 3. The Hall–Kier alpha value is -3.63. The zero-order valence-corrected chi connectivity index (χ0v) is 17.2. The quantitative estimate of drug-likeness (QED) is 0.612. The Kier molecular flexibility index (Phi) is 5.72. The van der Waals surface area contributed by atoms with Crippen LogP contribution >= 0.6 is 0 Å². The number of para-hydroxylation sites is 1. The molecule has 168 valence electrons. The first-order valence-electron chi connectivity index (χ1n) is 10.0. The molecule has 0 bridgehead atoms. The topological polar surface area (TPSA) is 80.6 Å². The number of amides is 1. The van der Waals surface area contributed by atoms with Gasteiger partial charge in [0.1, 0.15) is 5.75 Å². The molecule has 11 heteroatoms. The maximum absolute atomic E-state index is 13.0. The summed E-state index contributed by atoms with van der Waals surface area (Å²) in [5.41, 5.74) is 0.853. The van der Waals surface area contributed by atoms with Crippen molar-refractivity contribution in [3.05, 3.63) is 58.6 Å². The number of ether oxygens (including phenoxy) is 1. The number of pyridine rings is 1. The number of carbonyl (C=O) groups is 1. The number of hydrogen-bond acceptors (Lipinski definition) is 6. The van der Waals surface area contributed by atoms with E-state index in [9.17, 15) is 22.8 Å². The number of rotatable bonds is 4. The van der Waals surface area contributed by atoms with E-state index in [4.69, 9.17) is 0 Å². The smallest absolute Gasteiger partial charge is 0.405 e. The number of piperazine rings is 1. The van der Waals surface area contributed by atoms with Gasteiger partial charge in [0.2, 0.25) is 0 Å². The Morgan fingerprint density at radius 3 is 2.53 bits per heavy atom. The number of aromatic nitrogens is 3. The Bertz CT molecular complexity index is 1200. The molecule has 2 aromatic heterocycles. The molecule has 1 amide bonds. The highest BCUT2D eigenvalue weighted by Gasteiger charge is 2.34. The number of carbonyl (C=O) groups excluding carboxylic acids is 1. The second-order valence-electron chi connectivity index (χ2n) is 7.17. The first-order chi connectivity index (χ1) is 15.3. The number of aryl methyl sites for hydroxylation is 1. The van der Waals surface area contributed by atoms with Crippen LogP contribution in [0.2, 0.25) is 0 Å². The first kappa shape index (κ1) is 21.6. The van der Waals surface area contributed by atoms with E-state index in [2.05, 4.69) is 14.7 Å². The lowest BCUT2D eigenvalue weighted by Gasteiger charge is -2.35. The van der Waals surface area contributed by atoms with Gasteiger partial charge in [-0.25, -0.2) is 4.98 Å². The van der Waals surface area contributed by atoms with Gasteiger partial charge in [-0.3, -0.25) is 14.6 Å². The van der Waals surface area contributed by atoms with E-state index in [1.165, 1.54) is 23.1 Å². The minimum atomic E-state index is -4.90. The summed E-state index contributed by atoms with van der Waals surface area (Å²) >= 11 is 0. The van der Waals surface area contributed by atoms with Gasteiger partial charge in [0, 0.05) is 38.9 Å². The van der Waals surface area contributed by atoms with E-state index in [1.54, 1.807) is 27.9 Å². The molecule has 32 heavy (non-hydrogen) atoms. The molecule has 1 saturated heterocycles. The van der Waals surface area contributed by atoms with Crippen LogP contribution in [0.15, 0.2) is 47.5 Å². The average Bonchev–Trinajstić information content (AvgIpc) is 2.78. The highest BCUT2D eigenvalue weighted by Crippen LogP contribution is 2.27. The number of anilines is 1. The van der Waals surface area contributed by atoms with E-state index in [0.29, 0.717) is 30.7 Å². The molecular formula is C21H20F3N5O3. The summed E-state index contributed by atoms with van der Waals surface area (Å²) < 4.78 is 43.6.